The summed E-state index contributed by atoms with van der Waals surface area (Å²) in [6, 6.07) is 12.5. The summed E-state index contributed by atoms with van der Waals surface area (Å²) in [5.41, 5.74) is 2.25. The van der Waals surface area contributed by atoms with E-state index in [4.69, 9.17) is 23.2 Å². The van der Waals surface area contributed by atoms with Crippen molar-refractivity contribution in [3.05, 3.63) is 47.5 Å². The minimum atomic E-state index is 0.521. The van der Waals surface area contributed by atoms with E-state index < -0.39 is 0 Å². The predicted octanol–water partition coefficient (Wildman–Crippen LogP) is 4.32. The summed E-state index contributed by atoms with van der Waals surface area (Å²) in [7, 11) is 0. The second-order valence-electron chi connectivity index (χ2n) is 3.24. The molecule has 0 radical (unpaired) electrons. The number of rotatable bonds is 2. The molecule has 0 saturated carbocycles. The van der Waals surface area contributed by atoms with Crippen LogP contribution >= 0.6 is 23.2 Å². The lowest BCUT2D eigenvalue weighted by atomic mass is 10.0. The maximum atomic E-state index is 5.85. The number of benzene rings is 2. The molecule has 0 atom stereocenters. The molecule has 2 aromatic rings. The number of alkyl halides is 2. The second kappa shape index (κ2) is 4.20. The minimum Gasteiger partial charge on any atom is -0.122 e. The maximum absolute atomic E-state index is 5.85. The predicted molar refractivity (Wildman–Crippen MR) is 63.1 cm³/mol. The van der Waals surface area contributed by atoms with Gasteiger partial charge in [-0.25, -0.2) is 0 Å². The minimum absolute atomic E-state index is 0.521. The van der Waals surface area contributed by atoms with Gasteiger partial charge in [-0.2, -0.15) is 0 Å². The Bertz CT molecular complexity index is 407. The van der Waals surface area contributed by atoms with Crippen LogP contribution in [-0.2, 0) is 11.8 Å². The first-order valence-corrected chi connectivity index (χ1v) is 5.54. The third-order valence-corrected chi connectivity index (χ3v) is 2.93. The molecule has 0 spiro atoms. The Morgan fingerprint density at radius 3 is 1.57 bits per heavy atom. The van der Waals surface area contributed by atoms with Crippen molar-refractivity contribution in [1.82, 2.24) is 0 Å². The molecule has 0 heterocycles. The highest BCUT2D eigenvalue weighted by molar-refractivity contribution is 6.19. The first kappa shape index (κ1) is 9.82. The summed E-state index contributed by atoms with van der Waals surface area (Å²) in [5.74, 6) is 1.04. The monoisotopic (exact) mass is 224 g/mol. The first-order chi connectivity index (χ1) is 6.85. The Hall–Kier alpha value is -0.720. The van der Waals surface area contributed by atoms with Crippen molar-refractivity contribution >= 4 is 34.0 Å². The fourth-order valence-electron chi connectivity index (χ4n) is 1.58. The van der Waals surface area contributed by atoms with Gasteiger partial charge in [-0.15, -0.1) is 23.2 Å². The zero-order chi connectivity index (χ0) is 9.97. The average Bonchev–Trinajstić information content (AvgIpc) is 2.27. The number of hydrogen-bond donors (Lipinski definition) is 0. The third-order valence-electron chi connectivity index (χ3n) is 2.36. The molecular formula is C12H10Cl2. The summed E-state index contributed by atoms with van der Waals surface area (Å²) in [6.07, 6.45) is 0. The molecule has 0 aliphatic heterocycles. The summed E-state index contributed by atoms with van der Waals surface area (Å²) >= 11 is 11.7. The van der Waals surface area contributed by atoms with E-state index in [9.17, 15) is 0 Å². The van der Waals surface area contributed by atoms with Gasteiger partial charge < -0.3 is 0 Å². The Morgan fingerprint density at radius 2 is 1.21 bits per heavy atom. The van der Waals surface area contributed by atoms with Crippen molar-refractivity contribution in [2.75, 3.05) is 0 Å². The number of fused-ring (bicyclic) bond motifs is 1. The summed E-state index contributed by atoms with van der Waals surface area (Å²) in [4.78, 5) is 0. The molecule has 0 bridgehead atoms. The van der Waals surface area contributed by atoms with E-state index in [-0.39, 0.29) is 0 Å². The van der Waals surface area contributed by atoms with E-state index in [0.717, 1.165) is 11.1 Å². The van der Waals surface area contributed by atoms with Crippen LogP contribution in [0.25, 0.3) is 10.8 Å². The van der Waals surface area contributed by atoms with E-state index in [1.165, 1.54) is 10.8 Å². The van der Waals surface area contributed by atoms with Crippen LogP contribution < -0.4 is 0 Å². The van der Waals surface area contributed by atoms with Gasteiger partial charge in [-0.3, -0.25) is 0 Å². The van der Waals surface area contributed by atoms with Crippen LogP contribution in [0.4, 0.5) is 0 Å². The second-order valence-corrected chi connectivity index (χ2v) is 3.77. The molecule has 0 aliphatic rings. The summed E-state index contributed by atoms with van der Waals surface area (Å²) in [5, 5.41) is 2.44. The average molecular weight is 225 g/mol. The number of hydrogen-bond acceptors (Lipinski definition) is 0. The van der Waals surface area contributed by atoms with Crippen LogP contribution in [0.3, 0.4) is 0 Å². The van der Waals surface area contributed by atoms with Gasteiger partial charge in [0.15, 0.2) is 0 Å². The van der Waals surface area contributed by atoms with Gasteiger partial charge in [-0.05, 0) is 34.0 Å². The lowest BCUT2D eigenvalue weighted by Gasteiger charge is -2.06. The van der Waals surface area contributed by atoms with Crippen molar-refractivity contribution in [2.24, 2.45) is 0 Å². The Kier molecular flexibility index (Phi) is 2.95. The van der Waals surface area contributed by atoms with Gasteiger partial charge in [0, 0.05) is 11.8 Å². The van der Waals surface area contributed by atoms with Crippen molar-refractivity contribution in [2.45, 2.75) is 11.8 Å². The van der Waals surface area contributed by atoms with Gasteiger partial charge >= 0.3 is 0 Å². The molecule has 0 N–H and O–H groups in total. The third kappa shape index (κ3) is 1.73. The zero-order valence-corrected chi connectivity index (χ0v) is 9.15. The lowest BCUT2D eigenvalue weighted by Crippen LogP contribution is -1.88. The van der Waals surface area contributed by atoms with E-state index in [1.807, 2.05) is 12.1 Å². The normalized spacial score (nSPS) is 10.7. The fraction of sp³-hybridized carbons (Fsp3) is 0.167. The highest BCUT2D eigenvalue weighted by Crippen LogP contribution is 2.22. The summed E-state index contributed by atoms with van der Waals surface area (Å²) < 4.78 is 0. The Morgan fingerprint density at radius 1 is 0.786 bits per heavy atom. The molecule has 2 rings (SSSR count). The molecule has 0 aliphatic carbocycles. The molecular weight excluding hydrogens is 215 g/mol. The van der Waals surface area contributed by atoms with Gasteiger partial charge in [-0.1, -0.05) is 24.3 Å². The molecule has 14 heavy (non-hydrogen) atoms. The smallest absolute Gasteiger partial charge is 0.0477 e. The van der Waals surface area contributed by atoms with Crippen LogP contribution in [0, 0.1) is 0 Å². The quantitative estimate of drug-likeness (QED) is 0.667. The fourth-order valence-corrected chi connectivity index (χ4v) is 2.08. The van der Waals surface area contributed by atoms with E-state index in [0.29, 0.717) is 11.8 Å². The van der Waals surface area contributed by atoms with Crippen LogP contribution in [0.15, 0.2) is 36.4 Å². The lowest BCUT2D eigenvalue weighted by molar-refractivity contribution is 1.29. The highest BCUT2D eigenvalue weighted by atomic mass is 35.5. The molecule has 72 valence electrons. The molecule has 0 nitrogen and oxygen atoms in total. The van der Waals surface area contributed by atoms with Gasteiger partial charge in [0.25, 0.3) is 0 Å². The van der Waals surface area contributed by atoms with Crippen LogP contribution in [0.1, 0.15) is 11.1 Å². The molecule has 2 aromatic carbocycles. The van der Waals surface area contributed by atoms with Gasteiger partial charge in [0.05, 0.1) is 0 Å². The zero-order valence-electron chi connectivity index (χ0n) is 7.63. The van der Waals surface area contributed by atoms with Crippen LogP contribution in [0.5, 0.6) is 0 Å². The van der Waals surface area contributed by atoms with Crippen LogP contribution in [-0.4, -0.2) is 0 Å². The Labute approximate surface area is 93.4 Å². The van der Waals surface area contributed by atoms with E-state index in [2.05, 4.69) is 24.3 Å². The highest BCUT2D eigenvalue weighted by Gasteiger charge is 2.02. The Balaban J connectivity index is 2.69. The van der Waals surface area contributed by atoms with E-state index in [1.54, 1.807) is 0 Å². The van der Waals surface area contributed by atoms with Crippen molar-refractivity contribution in [3.8, 4) is 0 Å². The molecule has 0 saturated heterocycles. The van der Waals surface area contributed by atoms with E-state index >= 15 is 0 Å². The standard InChI is InChI=1S/C12H10Cl2/c13-7-11-5-9-3-1-2-4-10(9)6-12(11)8-14/h1-6H,7-8H2. The van der Waals surface area contributed by atoms with Crippen molar-refractivity contribution < 1.29 is 0 Å². The molecule has 0 fully saturated rings. The summed E-state index contributed by atoms with van der Waals surface area (Å²) in [6.45, 7) is 0. The van der Waals surface area contributed by atoms with Gasteiger partial charge in [0.2, 0.25) is 0 Å². The first-order valence-electron chi connectivity index (χ1n) is 4.47. The van der Waals surface area contributed by atoms with Crippen LogP contribution in [0.2, 0.25) is 0 Å². The van der Waals surface area contributed by atoms with Crippen molar-refractivity contribution in [1.29, 1.82) is 0 Å². The van der Waals surface area contributed by atoms with Gasteiger partial charge in [0.1, 0.15) is 0 Å². The van der Waals surface area contributed by atoms with Crippen molar-refractivity contribution in [3.63, 3.8) is 0 Å². The molecule has 2 heteroatoms. The molecule has 0 aromatic heterocycles. The topological polar surface area (TPSA) is 0 Å². The largest absolute Gasteiger partial charge is 0.122 e. The molecule has 0 amide bonds. The maximum Gasteiger partial charge on any atom is 0.0477 e. The number of halogens is 2. The SMILES string of the molecule is ClCc1cc2ccccc2cc1CCl. The molecule has 0 unspecified atom stereocenters.